The Kier molecular flexibility index (Phi) is 6.83. The second-order valence-corrected chi connectivity index (χ2v) is 8.35. The van der Waals surface area contributed by atoms with Gasteiger partial charge in [0.05, 0.1) is 0 Å². The molecular formula is C21H26Cl2N4O. The Balaban J connectivity index is 1.73. The number of halogens is 2. The van der Waals surface area contributed by atoms with Crippen molar-refractivity contribution in [3.63, 3.8) is 0 Å². The summed E-state index contributed by atoms with van der Waals surface area (Å²) in [6.07, 6.45) is 0. The fraction of sp³-hybridized carbons (Fsp3) is 0.381. The quantitative estimate of drug-likeness (QED) is 0.759. The summed E-state index contributed by atoms with van der Waals surface area (Å²) in [5.41, 5.74) is 4.24. The zero-order chi connectivity index (χ0) is 20.3. The van der Waals surface area contributed by atoms with Crippen molar-refractivity contribution in [3.05, 3.63) is 63.1 Å². The number of nitrogens with zero attached hydrogens (tertiary/aromatic N) is 2. The monoisotopic (exact) mass is 420 g/mol. The van der Waals surface area contributed by atoms with Gasteiger partial charge in [-0.05, 0) is 62.1 Å². The molecule has 2 aromatic carbocycles. The van der Waals surface area contributed by atoms with Crippen LogP contribution in [0.3, 0.4) is 0 Å². The zero-order valence-electron chi connectivity index (χ0n) is 16.4. The fourth-order valence-corrected chi connectivity index (χ4v) is 4.07. The highest BCUT2D eigenvalue weighted by Crippen LogP contribution is 2.38. The molecule has 7 heteroatoms. The average Bonchev–Trinajstić information content (AvgIpc) is 2.62. The molecule has 0 saturated carbocycles. The predicted octanol–water partition coefficient (Wildman–Crippen LogP) is 4.25. The number of fused-ring (bicyclic) bond motifs is 1. The van der Waals surface area contributed by atoms with Crippen LogP contribution in [-0.4, -0.2) is 56.6 Å². The molecule has 0 spiro atoms. The van der Waals surface area contributed by atoms with Crippen molar-refractivity contribution in [2.75, 3.05) is 46.1 Å². The standard InChI is InChI=1S/C21H26Cl2N4O/c1-26(2)9-8-24-21(28)25-16-6-4-14(5-7-16)18-12-27(3)13-19-17(18)10-15(22)11-20(19)23/h4-7,10-11,18H,8-9,12-13H2,1-3H3,(H2,24,25,28). The van der Waals surface area contributed by atoms with E-state index >= 15 is 0 Å². The molecule has 2 N–H and O–H groups in total. The van der Waals surface area contributed by atoms with E-state index in [2.05, 4.69) is 34.7 Å². The van der Waals surface area contributed by atoms with Crippen LogP contribution in [0.5, 0.6) is 0 Å². The topological polar surface area (TPSA) is 47.6 Å². The van der Waals surface area contributed by atoms with Crippen molar-refractivity contribution in [2.45, 2.75) is 12.5 Å². The minimum atomic E-state index is -0.198. The summed E-state index contributed by atoms with van der Waals surface area (Å²) in [6.45, 7) is 3.10. The third-order valence-electron chi connectivity index (χ3n) is 4.91. The number of amides is 2. The second kappa shape index (κ2) is 9.14. The number of nitrogens with one attached hydrogen (secondary N) is 2. The molecule has 1 heterocycles. The van der Waals surface area contributed by atoms with Gasteiger partial charge in [-0.2, -0.15) is 0 Å². The Morgan fingerprint density at radius 2 is 1.93 bits per heavy atom. The Morgan fingerprint density at radius 3 is 2.61 bits per heavy atom. The molecule has 1 unspecified atom stereocenters. The molecule has 1 aliphatic rings. The minimum absolute atomic E-state index is 0.188. The van der Waals surface area contributed by atoms with Crippen LogP contribution in [0.1, 0.15) is 22.6 Å². The number of likely N-dealkylation sites (N-methyl/N-ethyl adjacent to an activating group) is 2. The van der Waals surface area contributed by atoms with E-state index in [1.54, 1.807) is 6.07 Å². The highest BCUT2D eigenvalue weighted by molar-refractivity contribution is 6.35. The maximum Gasteiger partial charge on any atom is 0.319 e. The van der Waals surface area contributed by atoms with E-state index in [9.17, 15) is 4.79 Å². The summed E-state index contributed by atoms with van der Waals surface area (Å²) < 4.78 is 0. The molecule has 2 amide bonds. The number of hydrogen-bond donors (Lipinski definition) is 2. The molecule has 1 aliphatic heterocycles. The summed E-state index contributed by atoms with van der Waals surface area (Å²) >= 11 is 12.7. The third-order valence-corrected chi connectivity index (χ3v) is 5.46. The van der Waals surface area contributed by atoms with Crippen LogP contribution >= 0.6 is 23.2 Å². The van der Waals surface area contributed by atoms with Crippen molar-refractivity contribution in [2.24, 2.45) is 0 Å². The van der Waals surface area contributed by atoms with Crippen LogP contribution in [0.25, 0.3) is 0 Å². The van der Waals surface area contributed by atoms with Gasteiger partial charge in [0.1, 0.15) is 0 Å². The Morgan fingerprint density at radius 1 is 1.21 bits per heavy atom. The number of urea groups is 1. The van der Waals surface area contributed by atoms with Crippen molar-refractivity contribution in [1.29, 1.82) is 0 Å². The minimum Gasteiger partial charge on any atom is -0.337 e. The normalized spacial score (nSPS) is 16.7. The first-order chi connectivity index (χ1) is 13.3. The van der Waals surface area contributed by atoms with Gasteiger partial charge in [-0.3, -0.25) is 0 Å². The first-order valence-corrected chi connectivity index (χ1v) is 10.0. The lowest BCUT2D eigenvalue weighted by molar-refractivity contribution is 0.250. The van der Waals surface area contributed by atoms with Crippen molar-refractivity contribution in [3.8, 4) is 0 Å². The second-order valence-electron chi connectivity index (χ2n) is 7.51. The molecule has 150 valence electrons. The number of anilines is 1. The number of carbonyl (C=O) groups excluding carboxylic acids is 1. The number of benzene rings is 2. The van der Waals surface area contributed by atoms with Gasteiger partial charge in [-0.1, -0.05) is 35.3 Å². The Labute approximate surface area is 176 Å². The average molecular weight is 421 g/mol. The lowest BCUT2D eigenvalue weighted by atomic mass is 9.85. The molecule has 5 nitrogen and oxygen atoms in total. The number of rotatable bonds is 5. The van der Waals surface area contributed by atoms with Crippen molar-refractivity contribution < 1.29 is 4.79 Å². The molecule has 0 aromatic heterocycles. The van der Waals surface area contributed by atoms with E-state index in [-0.39, 0.29) is 11.9 Å². The van der Waals surface area contributed by atoms with E-state index < -0.39 is 0 Å². The van der Waals surface area contributed by atoms with Gasteiger partial charge in [0.25, 0.3) is 0 Å². The van der Waals surface area contributed by atoms with E-state index in [0.29, 0.717) is 16.6 Å². The van der Waals surface area contributed by atoms with Gasteiger partial charge >= 0.3 is 6.03 Å². The highest BCUT2D eigenvalue weighted by atomic mass is 35.5. The highest BCUT2D eigenvalue weighted by Gasteiger charge is 2.27. The van der Waals surface area contributed by atoms with Gasteiger partial charge in [-0.15, -0.1) is 0 Å². The maximum absolute atomic E-state index is 12.0. The smallest absolute Gasteiger partial charge is 0.319 e. The van der Waals surface area contributed by atoms with Gasteiger partial charge in [0.2, 0.25) is 0 Å². The van der Waals surface area contributed by atoms with E-state index in [1.807, 2.05) is 37.2 Å². The molecule has 28 heavy (non-hydrogen) atoms. The SMILES string of the molecule is CN(C)CCNC(=O)Nc1ccc(C2CN(C)Cc3c(Cl)cc(Cl)cc32)cc1. The van der Waals surface area contributed by atoms with E-state index in [0.717, 1.165) is 30.9 Å². The summed E-state index contributed by atoms with van der Waals surface area (Å²) in [5.74, 6) is 0.188. The van der Waals surface area contributed by atoms with Gasteiger partial charge in [0.15, 0.2) is 0 Å². The molecule has 3 rings (SSSR count). The van der Waals surface area contributed by atoms with Gasteiger partial charge < -0.3 is 20.4 Å². The summed E-state index contributed by atoms with van der Waals surface area (Å²) in [7, 11) is 6.04. The third kappa shape index (κ3) is 5.17. The van der Waals surface area contributed by atoms with Crippen molar-refractivity contribution >= 4 is 34.9 Å². The lowest BCUT2D eigenvalue weighted by Crippen LogP contribution is -2.34. The van der Waals surface area contributed by atoms with Crippen LogP contribution < -0.4 is 10.6 Å². The lowest BCUT2D eigenvalue weighted by Gasteiger charge is -2.33. The van der Waals surface area contributed by atoms with Crippen LogP contribution in [0.15, 0.2) is 36.4 Å². The van der Waals surface area contributed by atoms with Crippen LogP contribution in [0.4, 0.5) is 10.5 Å². The summed E-state index contributed by atoms with van der Waals surface area (Å²) in [6, 6.07) is 11.6. The first-order valence-electron chi connectivity index (χ1n) is 9.29. The van der Waals surface area contributed by atoms with E-state index in [1.165, 1.54) is 11.1 Å². The molecule has 0 bridgehead atoms. The zero-order valence-corrected chi connectivity index (χ0v) is 17.9. The molecule has 1 atom stereocenters. The van der Waals surface area contributed by atoms with Gasteiger partial charge in [-0.25, -0.2) is 4.79 Å². The number of hydrogen-bond acceptors (Lipinski definition) is 3. The summed E-state index contributed by atoms with van der Waals surface area (Å²) in [4.78, 5) is 16.3. The van der Waals surface area contributed by atoms with Crippen LogP contribution in [-0.2, 0) is 6.54 Å². The molecule has 2 aromatic rings. The number of carbonyl (C=O) groups is 1. The molecule has 0 aliphatic carbocycles. The Bertz CT molecular complexity index is 839. The van der Waals surface area contributed by atoms with Crippen LogP contribution in [0, 0.1) is 0 Å². The Hall–Kier alpha value is -1.79. The predicted molar refractivity (Wildman–Crippen MR) is 117 cm³/mol. The van der Waals surface area contributed by atoms with Crippen LogP contribution in [0.2, 0.25) is 10.0 Å². The first kappa shape index (κ1) is 20.9. The largest absolute Gasteiger partial charge is 0.337 e. The molecule has 0 fully saturated rings. The molecular weight excluding hydrogens is 395 g/mol. The fourth-order valence-electron chi connectivity index (χ4n) is 3.50. The van der Waals surface area contributed by atoms with E-state index in [4.69, 9.17) is 23.2 Å². The maximum atomic E-state index is 12.0. The molecule has 0 saturated heterocycles. The van der Waals surface area contributed by atoms with Gasteiger partial charge in [0, 0.05) is 47.8 Å². The summed E-state index contributed by atoms with van der Waals surface area (Å²) in [5, 5.41) is 7.09. The molecule has 0 radical (unpaired) electrons. The van der Waals surface area contributed by atoms with Crippen molar-refractivity contribution in [1.82, 2.24) is 15.1 Å².